The fraction of sp³-hybridized carbons (Fsp3) is 0.500. The van der Waals surface area contributed by atoms with Crippen molar-refractivity contribution < 1.29 is 0 Å². The Morgan fingerprint density at radius 2 is 2.00 bits per heavy atom. The predicted octanol–water partition coefficient (Wildman–Crippen LogP) is 2.89. The van der Waals surface area contributed by atoms with Crippen LogP contribution in [-0.2, 0) is 12.8 Å². The van der Waals surface area contributed by atoms with E-state index < -0.39 is 0 Å². The van der Waals surface area contributed by atoms with Crippen LogP contribution >= 0.6 is 11.3 Å². The average Bonchev–Trinajstić information content (AvgIpc) is 2.86. The predicted molar refractivity (Wildman–Crippen MR) is 84.6 cm³/mol. The number of aromatic nitrogens is 3. The van der Waals surface area contributed by atoms with Gasteiger partial charge in [-0.2, -0.15) is 0 Å². The zero-order valence-electron chi connectivity index (χ0n) is 12.2. The molecule has 2 heterocycles. The monoisotopic (exact) mass is 291 g/mol. The molecule has 0 unspecified atom stereocenters. The third-order valence-electron chi connectivity index (χ3n) is 3.02. The molecule has 0 aliphatic rings. The Kier molecular flexibility index (Phi) is 5.29. The largest absolute Gasteiger partial charge is 0.373 e. The quantitative estimate of drug-likeness (QED) is 0.821. The molecule has 0 fully saturated rings. The summed E-state index contributed by atoms with van der Waals surface area (Å²) < 4.78 is 0. The fourth-order valence-corrected chi connectivity index (χ4v) is 2.75. The lowest BCUT2D eigenvalue weighted by Crippen LogP contribution is -2.11. The third-order valence-corrected chi connectivity index (χ3v) is 3.84. The molecule has 0 saturated heterocycles. The molecule has 0 atom stereocenters. The molecular weight excluding hydrogens is 270 g/mol. The maximum Gasteiger partial charge on any atom is 0.134 e. The molecule has 0 aromatic carbocycles. The van der Waals surface area contributed by atoms with Gasteiger partial charge in [-0.25, -0.2) is 15.0 Å². The first-order valence-electron chi connectivity index (χ1n) is 6.91. The molecule has 5 nitrogen and oxygen atoms in total. The third kappa shape index (κ3) is 3.66. The molecule has 0 radical (unpaired) electrons. The Hall–Kier alpha value is -1.69. The van der Waals surface area contributed by atoms with Gasteiger partial charge < -0.3 is 10.6 Å². The molecular formula is C14H21N5S. The highest BCUT2D eigenvalue weighted by Gasteiger charge is 2.09. The van der Waals surface area contributed by atoms with Crippen molar-refractivity contribution in [3.63, 3.8) is 0 Å². The minimum Gasteiger partial charge on any atom is -0.373 e. The van der Waals surface area contributed by atoms with Crippen LogP contribution < -0.4 is 10.6 Å². The average molecular weight is 291 g/mol. The van der Waals surface area contributed by atoms with Crippen LogP contribution in [-0.4, -0.2) is 28.5 Å². The van der Waals surface area contributed by atoms with Crippen molar-refractivity contribution in [1.29, 1.82) is 0 Å². The van der Waals surface area contributed by atoms with E-state index in [-0.39, 0.29) is 0 Å². The lowest BCUT2D eigenvalue weighted by atomic mass is 10.1. The van der Waals surface area contributed by atoms with Crippen LogP contribution in [0.25, 0.3) is 0 Å². The van der Waals surface area contributed by atoms with Crippen molar-refractivity contribution in [2.75, 3.05) is 24.2 Å². The van der Waals surface area contributed by atoms with Gasteiger partial charge in [-0.05, 0) is 13.3 Å². The highest BCUT2D eigenvalue weighted by molar-refractivity contribution is 7.09. The van der Waals surface area contributed by atoms with E-state index in [2.05, 4.69) is 37.9 Å². The smallest absolute Gasteiger partial charge is 0.134 e. The van der Waals surface area contributed by atoms with E-state index in [9.17, 15) is 0 Å². The topological polar surface area (TPSA) is 62.7 Å². The van der Waals surface area contributed by atoms with Crippen LogP contribution in [0.2, 0.25) is 0 Å². The Morgan fingerprint density at radius 3 is 2.65 bits per heavy atom. The number of nitrogens with one attached hydrogen (secondary N) is 2. The number of thiazole rings is 1. The summed E-state index contributed by atoms with van der Waals surface area (Å²) >= 11 is 1.69. The molecule has 0 bridgehead atoms. The van der Waals surface area contributed by atoms with Crippen molar-refractivity contribution in [3.8, 4) is 0 Å². The maximum absolute atomic E-state index is 4.47. The molecule has 2 aromatic heterocycles. The van der Waals surface area contributed by atoms with Crippen molar-refractivity contribution in [1.82, 2.24) is 15.0 Å². The van der Waals surface area contributed by atoms with Gasteiger partial charge in [0.25, 0.3) is 0 Å². The summed E-state index contributed by atoms with van der Waals surface area (Å²) in [6.45, 7) is 5.03. The summed E-state index contributed by atoms with van der Waals surface area (Å²) in [5.74, 6) is 1.84. The van der Waals surface area contributed by atoms with Gasteiger partial charge in [0.2, 0.25) is 0 Å². The molecule has 108 valence electrons. The van der Waals surface area contributed by atoms with Crippen LogP contribution in [0.15, 0.2) is 11.7 Å². The van der Waals surface area contributed by atoms with E-state index in [0.29, 0.717) is 0 Å². The molecule has 6 heteroatoms. The summed E-state index contributed by atoms with van der Waals surface area (Å²) in [6.07, 6.45) is 4.55. The fourth-order valence-electron chi connectivity index (χ4n) is 2.10. The van der Waals surface area contributed by atoms with Crippen LogP contribution in [0.1, 0.15) is 29.6 Å². The Bertz CT molecular complexity index is 552. The van der Waals surface area contributed by atoms with E-state index in [1.165, 1.54) is 0 Å². The van der Waals surface area contributed by atoms with Crippen LogP contribution in [0, 0.1) is 6.92 Å². The van der Waals surface area contributed by atoms with Gasteiger partial charge in [-0.3, -0.25) is 0 Å². The Balaban J connectivity index is 2.01. The minimum absolute atomic E-state index is 0.833. The molecule has 0 spiro atoms. The SMILES string of the molecule is CCCc1c(NC)ncnc1NCCc1csc(C)n1. The normalized spacial score (nSPS) is 10.6. The lowest BCUT2D eigenvalue weighted by Gasteiger charge is -2.13. The molecule has 0 saturated carbocycles. The van der Waals surface area contributed by atoms with E-state index in [0.717, 1.165) is 53.7 Å². The molecule has 20 heavy (non-hydrogen) atoms. The molecule has 0 aliphatic carbocycles. The van der Waals surface area contributed by atoms with Crippen molar-refractivity contribution in [3.05, 3.63) is 28.0 Å². The van der Waals surface area contributed by atoms with Crippen LogP contribution in [0.3, 0.4) is 0 Å². The summed E-state index contributed by atoms with van der Waals surface area (Å²) in [5.41, 5.74) is 2.30. The zero-order chi connectivity index (χ0) is 14.4. The first kappa shape index (κ1) is 14.7. The van der Waals surface area contributed by atoms with Crippen molar-refractivity contribution in [2.45, 2.75) is 33.1 Å². The van der Waals surface area contributed by atoms with Gasteiger partial charge >= 0.3 is 0 Å². The van der Waals surface area contributed by atoms with E-state index >= 15 is 0 Å². The van der Waals surface area contributed by atoms with Gasteiger partial charge in [0, 0.05) is 31.0 Å². The van der Waals surface area contributed by atoms with Gasteiger partial charge in [0.1, 0.15) is 18.0 Å². The Labute approximate surface area is 123 Å². The lowest BCUT2D eigenvalue weighted by molar-refractivity contribution is 0.891. The summed E-state index contributed by atoms with van der Waals surface area (Å²) in [4.78, 5) is 13.1. The standard InChI is InChI=1S/C14H21N5S/c1-4-5-12-13(15-3)17-9-18-14(12)16-7-6-11-8-20-10(2)19-11/h8-9H,4-7H2,1-3H3,(H2,15,16,17,18). The number of nitrogens with zero attached hydrogens (tertiary/aromatic N) is 3. The van der Waals surface area contributed by atoms with Crippen LogP contribution in [0.4, 0.5) is 11.6 Å². The first-order valence-corrected chi connectivity index (χ1v) is 7.79. The first-order chi connectivity index (χ1) is 9.74. The van der Waals surface area contributed by atoms with Crippen molar-refractivity contribution >= 4 is 23.0 Å². The van der Waals surface area contributed by atoms with Gasteiger partial charge in [0.05, 0.1) is 10.7 Å². The number of anilines is 2. The van der Waals surface area contributed by atoms with Gasteiger partial charge in [-0.1, -0.05) is 13.3 Å². The van der Waals surface area contributed by atoms with Crippen molar-refractivity contribution in [2.24, 2.45) is 0 Å². The maximum atomic E-state index is 4.47. The molecule has 2 aromatic rings. The number of aryl methyl sites for hydroxylation is 1. The van der Waals surface area contributed by atoms with E-state index in [1.54, 1.807) is 17.7 Å². The number of hydrogen-bond acceptors (Lipinski definition) is 6. The van der Waals surface area contributed by atoms with Gasteiger partial charge in [-0.15, -0.1) is 11.3 Å². The highest BCUT2D eigenvalue weighted by Crippen LogP contribution is 2.21. The minimum atomic E-state index is 0.833. The molecule has 2 N–H and O–H groups in total. The summed E-state index contributed by atoms with van der Waals surface area (Å²) in [6, 6.07) is 0. The molecule has 2 rings (SSSR count). The summed E-state index contributed by atoms with van der Waals surface area (Å²) in [7, 11) is 1.89. The second kappa shape index (κ2) is 7.19. The molecule has 0 aliphatic heterocycles. The van der Waals surface area contributed by atoms with Gasteiger partial charge in [0.15, 0.2) is 0 Å². The number of rotatable bonds is 7. The van der Waals surface area contributed by atoms with E-state index in [4.69, 9.17) is 0 Å². The Morgan fingerprint density at radius 1 is 1.20 bits per heavy atom. The van der Waals surface area contributed by atoms with E-state index in [1.807, 2.05) is 14.0 Å². The molecule has 0 amide bonds. The second-order valence-electron chi connectivity index (χ2n) is 4.58. The highest BCUT2D eigenvalue weighted by atomic mass is 32.1. The number of hydrogen-bond donors (Lipinski definition) is 2. The van der Waals surface area contributed by atoms with Crippen LogP contribution in [0.5, 0.6) is 0 Å². The second-order valence-corrected chi connectivity index (χ2v) is 5.65. The summed E-state index contributed by atoms with van der Waals surface area (Å²) in [5, 5.41) is 9.77. The zero-order valence-corrected chi connectivity index (χ0v) is 13.0.